The van der Waals surface area contributed by atoms with Gasteiger partial charge in [-0.05, 0) is 35.7 Å². The molecule has 6 heteroatoms. The molecule has 0 amide bonds. The highest BCUT2D eigenvalue weighted by molar-refractivity contribution is 5.24. The van der Waals surface area contributed by atoms with Crippen LogP contribution in [-0.2, 0) is 19.1 Å². The number of nitrogens with two attached hydrogens (primary N) is 1. The lowest BCUT2D eigenvalue weighted by molar-refractivity contribution is -0.137. The van der Waals surface area contributed by atoms with Crippen molar-refractivity contribution in [2.45, 2.75) is 25.2 Å². The smallest absolute Gasteiger partial charge is 0.329 e. The molecule has 0 aliphatic carbocycles. The van der Waals surface area contributed by atoms with Gasteiger partial charge in [-0.2, -0.15) is 13.2 Å². The minimum absolute atomic E-state index is 0.0477. The monoisotopic (exact) mass is 309 g/mol. The van der Waals surface area contributed by atoms with Gasteiger partial charge in [-0.15, -0.1) is 0 Å². The van der Waals surface area contributed by atoms with E-state index in [9.17, 15) is 13.2 Å². The summed E-state index contributed by atoms with van der Waals surface area (Å²) in [5.41, 5.74) is 6.95. The molecule has 0 aliphatic rings. The minimum atomic E-state index is -4.30. The van der Waals surface area contributed by atoms with Gasteiger partial charge in [0, 0.05) is 31.5 Å². The van der Waals surface area contributed by atoms with Gasteiger partial charge in [0.2, 0.25) is 0 Å². The lowest BCUT2D eigenvalue weighted by Gasteiger charge is -2.17. The van der Waals surface area contributed by atoms with Gasteiger partial charge in [0.15, 0.2) is 0 Å². The van der Waals surface area contributed by atoms with Crippen molar-refractivity contribution < 1.29 is 13.2 Å². The molecule has 3 nitrogen and oxygen atoms in total. The number of aromatic nitrogens is 1. The van der Waals surface area contributed by atoms with Crippen LogP contribution >= 0.6 is 0 Å². The first kappa shape index (κ1) is 16.5. The number of nitrogens with zero attached hydrogens (tertiary/aromatic N) is 1. The highest BCUT2D eigenvalue weighted by atomic mass is 19.4. The Labute approximate surface area is 127 Å². The maximum absolute atomic E-state index is 12.5. The Balaban J connectivity index is 1.90. The van der Waals surface area contributed by atoms with Gasteiger partial charge < -0.3 is 11.1 Å². The lowest BCUT2D eigenvalue weighted by Crippen LogP contribution is -2.37. The fourth-order valence-electron chi connectivity index (χ4n) is 2.12. The largest absolute Gasteiger partial charge is 0.416 e. The maximum atomic E-state index is 12.5. The summed E-state index contributed by atoms with van der Waals surface area (Å²) in [4.78, 5) is 4.05. The van der Waals surface area contributed by atoms with E-state index >= 15 is 0 Å². The predicted molar refractivity (Wildman–Crippen MR) is 79.1 cm³/mol. The fraction of sp³-hybridized carbons (Fsp3) is 0.312. The molecule has 0 saturated carbocycles. The Hall–Kier alpha value is -1.92. The van der Waals surface area contributed by atoms with Crippen molar-refractivity contribution in [3.8, 4) is 0 Å². The highest BCUT2D eigenvalue weighted by Crippen LogP contribution is 2.29. The quantitative estimate of drug-likeness (QED) is 0.862. The molecule has 2 aromatic rings. The van der Waals surface area contributed by atoms with Gasteiger partial charge in [-0.3, -0.25) is 4.98 Å². The first-order valence-corrected chi connectivity index (χ1v) is 6.97. The summed E-state index contributed by atoms with van der Waals surface area (Å²) in [5, 5.41) is 3.26. The van der Waals surface area contributed by atoms with Crippen LogP contribution in [0.15, 0.2) is 48.8 Å². The van der Waals surface area contributed by atoms with Crippen molar-refractivity contribution >= 4 is 0 Å². The van der Waals surface area contributed by atoms with Crippen molar-refractivity contribution in [3.63, 3.8) is 0 Å². The number of benzene rings is 1. The van der Waals surface area contributed by atoms with E-state index in [4.69, 9.17) is 5.73 Å². The Morgan fingerprint density at radius 3 is 2.36 bits per heavy atom. The Morgan fingerprint density at radius 1 is 1.09 bits per heavy atom. The van der Waals surface area contributed by atoms with Gasteiger partial charge >= 0.3 is 6.18 Å². The van der Waals surface area contributed by atoms with Crippen molar-refractivity contribution in [2.24, 2.45) is 5.73 Å². The number of hydrogen-bond acceptors (Lipinski definition) is 3. The van der Waals surface area contributed by atoms with Crippen LogP contribution in [0.4, 0.5) is 13.2 Å². The first-order chi connectivity index (χ1) is 10.5. The molecule has 1 atom stereocenters. The molecule has 22 heavy (non-hydrogen) atoms. The van der Waals surface area contributed by atoms with Gasteiger partial charge in [0.1, 0.15) is 0 Å². The highest BCUT2D eigenvalue weighted by Gasteiger charge is 2.29. The van der Waals surface area contributed by atoms with E-state index in [0.29, 0.717) is 13.1 Å². The van der Waals surface area contributed by atoms with Crippen LogP contribution in [0.2, 0.25) is 0 Å². The maximum Gasteiger partial charge on any atom is 0.416 e. The summed E-state index contributed by atoms with van der Waals surface area (Å²) >= 11 is 0. The average molecular weight is 309 g/mol. The first-order valence-electron chi connectivity index (χ1n) is 6.97. The number of pyridine rings is 1. The fourth-order valence-corrected chi connectivity index (χ4v) is 2.12. The van der Waals surface area contributed by atoms with Crippen LogP contribution in [0.5, 0.6) is 0 Å². The molecular formula is C16H18F3N3. The Kier molecular flexibility index (Phi) is 5.51. The second-order valence-electron chi connectivity index (χ2n) is 5.07. The van der Waals surface area contributed by atoms with Gasteiger partial charge in [0.05, 0.1) is 5.56 Å². The topological polar surface area (TPSA) is 50.9 Å². The van der Waals surface area contributed by atoms with Crippen LogP contribution in [0.3, 0.4) is 0 Å². The number of halogens is 3. The molecule has 0 spiro atoms. The molecule has 0 aliphatic heterocycles. The second kappa shape index (κ2) is 7.38. The zero-order valence-corrected chi connectivity index (χ0v) is 12.0. The SMILES string of the molecule is NCC(Cc1cccnc1)NCc1ccc(C(F)(F)F)cc1. The normalized spacial score (nSPS) is 13.1. The van der Waals surface area contributed by atoms with E-state index in [-0.39, 0.29) is 6.04 Å². The molecular weight excluding hydrogens is 291 g/mol. The standard InChI is InChI=1S/C16H18F3N3/c17-16(18,19)14-5-3-12(4-6-14)11-22-15(9-20)8-13-2-1-7-21-10-13/h1-7,10,15,22H,8-9,11,20H2. The molecule has 1 aromatic heterocycles. The molecule has 2 rings (SSSR count). The van der Waals surface area contributed by atoms with Gasteiger partial charge in [-0.25, -0.2) is 0 Å². The molecule has 0 fully saturated rings. The van der Waals surface area contributed by atoms with Crippen LogP contribution in [0.25, 0.3) is 0 Å². The average Bonchev–Trinajstić information content (AvgIpc) is 2.52. The van der Waals surface area contributed by atoms with Crippen LogP contribution in [0.1, 0.15) is 16.7 Å². The summed E-state index contributed by atoms with van der Waals surface area (Å²) in [5.74, 6) is 0. The van der Waals surface area contributed by atoms with Crippen molar-refractivity contribution in [1.82, 2.24) is 10.3 Å². The molecule has 0 bridgehead atoms. The molecule has 0 saturated heterocycles. The molecule has 1 unspecified atom stereocenters. The van der Waals surface area contributed by atoms with E-state index < -0.39 is 11.7 Å². The van der Waals surface area contributed by atoms with Crippen LogP contribution in [0, 0.1) is 0 Å². The number of nitrogens with one attached hydrogen (secondary N) is 1. The summed E-state index contributed by atoms with van der Waals surface area (Å²) < 4.78 is 37.5. The summed E-state index contributed by atoms with van der Waals surface area (Å²) in [7, 11) is 0. The van der Waals surface area contributed by atoms with Gasteiger partial charge in [-0.1, -0.05) is 18.2 Å². The van der Waals surface area contributed by atoms with E-state index in [1.165, 1.54) is 12.1 Å². The molecule has 1 heterocycles. The third-order valence-electron chi connectivity index (χ3n) is 3.37. The third-order valence-corrected chi connectivity index (χ3v) is 3.37. The van der Waals surface area contributed by atoms with Crippen molar-refractivity contribution in [1.29, 1.82) is 0 Å². The minimum Gasteiger partial charge on any atom is -0.329 e. The predicted octanol–water partition coefficient (Wildman–Crippen LogP) is 2.76. The van der Waals surface area contributed by atoms with Crippen molar-refractivity contribution in [2.75, 3.05) is 6.54 Å². The lowest BCUT2D eigenvalue weighted by atomic mass is 10.1. The van der Waals surface area contributed by atoms with Crippen molar-refractivity contribution in [3.05, 3.63) is 65.5 Å². The van der Waals surface area contributed by atoms with Gasteiger partial charge in [0.25, 0.3) is 0 Å². The van der Waals surface area contributed by atoms with E-state index in [1.54, 1.807) is 12.4 Å². The molecule has 1 aromatic carbocycles. The van der Waals surface area contributed by atoms with E-state index in [0.717, 1.165) is 29.7 Å². The van der Waals surface area contributed by atoms with Crippen LogP contribution < -0.4 is 11.1 Å². The molecule has 118 valence electrons. The molecule has 0 radical (unpaired) electrons. The third kappa shape index (κ3) is 4.82. The number of hydrogen-bond donors (Lipinski definition) is 2. The Morgan fingerprint density at radius 2 is 1.82 bits per heavy atom. The molecule has 3 N–H and O–H groups in total. The van der Waals surface area contributed by atoms with Crippen LogP contribution in [-0.4, -0.2) is 17.6 Å². The van der Waals surface area contributed by atoms with E-state index in [1.807, 2.05) is 12.1 Å². The summed E-state index contributed by atoms with van der Waals surface area (Å²) in [6, 6.07) is 9.02. The Bertz CT molecular complexity index is 567. The van der Waals surface area contributed by atoms with E-state index in [2.05, 4.69) is 10.3 Å². The summed E-state index contributed by atoms with van der Waals surface area (Å²) in [6.07, 6.45) is -0.0872. The second-order valence-corrected chi connectivity index (χ2v) is 5.07. The number of rotatable bonds is 6. The zero-order chi connectivity index (χ0) is 16.0. The number of alkyl halides is 3. The zero-order valence-electron chi connectivity index (χ0n) is 12.0. The summed E-state index contributed by atoms with van der Waals surface area (Å²) in [6.45, 7) is 0.912.